The summed E-state index contributed by atoms with van der Waals surface area (Å²) >= 11 is 3.84. The first-order chi connectivity index (χ1) is 8.22. The lowest BCUT2D eigenvalue weighted by Gasteiger charge is -2.35. The molecule has 1 fully saturated rings. The Morgan fingerprint density at radius 2 is 1.88 bits per heavy atom. The lowest BCUT2D eigenvalue weighted by atomic mass is 10.2. The Bertz CT molecular complexity index is 403. The largest absolute Gasteiger partial charge is 0.495 e. The highest BCUT2D eigenvalue weighted by Crippen LogP contribution is 2.28. The van der Waals surface area contributed by atoms with E-state index in [1.165, 1.54) is 0 Å². The Morgan fingerprint density at radius 1 is 1.24 bits per heavy atom. The summed E-state index contributed by atoms with van der Waals surface area (Å²) in [6, 6.07) is 7.94. The van der Waals surface area contributed by atoms with Crippen molar-refractivity contribution < 1.29 is 9.53 Å². The predicted octanol–water partition coefficient (Wildman–Crippen LogP) is 1.87. The minimum absolute atomic E-state index is 0.148. The maximum Gasteiger partial charge on any atom is 0.278 e. The van der Waals surface area contributed by atoms with E-state index in [0.29, 0.717) is 13.1 Å². The summed E-state index contributed by atoms with van der Waals surface area (Å²) < 4.78 is 5.34. The zero-order valence-electron chi connectivity index (χ0n) is 9.80. The topological polar surface area (TPSA) is 32.8 Å². The number of anilines is 1. The molecule has 0 spiro atoms. The summed E-state index contributed by atoms with van der Waals surface area (Å²) in [6.07, 6.45) is 0. The molecular formula is C12H16N2O2S. The Balaban J connectivity index is 2.07. The fourth-order valence-corrected chi connectivity index (χ4v) is 2.23. The van der Waals surface area contributed by atoms with Gasteiger partial charge in [0.05, 0.1) is 12.8 Å². The second kappa shape index (κ2) is 5.31. The van der Waals surface area contributed by atoms with E-state index >= 15 is 0 Å². The van der Waals surface area contributed by atoms with Gasteiger partial charge in [0.25, 0.3) is 5.24 Å². The van der Waals surface area contributed by atoms with Crippen LogP contribution in [0.15, 0.2) is 24.3 Å². The molecule has 5 heteroatoms. The highest BCUT2D eigenvalue weighted by atomic mass is 32.1. The van der Waals surface area contributed by atoms with Crippen LogP contribution in [0.3, 0.4) is 0 Å². The fraction of sp³-hybridized carbons (Fsp3) is 0.417. The monoisotopic (exact) mass is 252 g/mol. The lowest BCUT2D eigenvalue weighted by molar-refractivity contribution is 0.220. The van der Waals surface area contributed by atoms with Gasteiger partial charge in [-0.15, -0.1) is 0 Å². The molecule has 0 saturated carbocycles. The molecule has 1 aromatic carbocycles. The molecule has 1 aliphatic heterocycles. The van der Waals surface area contributed by atoms with E-state index in [9.17, 15) is 4.79 Å². The van der Waals surface area contributed by atoms with Gasteiger partial charge in [-0.1, -0.05) is 24.8 Å². The summed E-state index contributed by atoms with van der Waals surface area (Å²) in [4.78, 5) is 15.1. The molecule has 4 nitrogen and oxygen atoms in total. The van der Waals surface area contributed by atoms with Crippen molar-refractivity contribution in [2.45, 2.75) is 0 Å². The van der Waals surface area contributed by atoms with Crippen molar-refractivity contribution in [3.05, 3.63) is 24.3 Å². The summed E-state index contributed by atoms with van der Waals surface area (Å²) in [7, 11) is 1.67. The normalized spacial score (nSPS) is 15.9. The second-order valence-electron chi connectivity index (χ2n) is 3.93. The Kier molecular flexibility index (Phi) is 3.78. The quantitative estimate of drug-likeness (QED) is 0.816. The van der Waals surface area contributed by atoms with E-state index in [2.05, 4.69) is 17.5 Å². The number of carbonyl (C=O) groups is 1. The number of ether oxygens (including phenoxy) is 1. The number of nitrogens with zero attached hydrogens (tertiary/aromatic N) is 2. The molecule has 0 atom stereocenters. The highest BCUT2D eigenvalue weighted by Gasteiger charge is 2.20. The molecule has 1 aliphatic rings. The second-order valence-corrected chi connectivity index (χ2v) is 4.31. The van der Waals surface area contributed by atoms with Crippen LogP contribution in [0.2, 0.25) is 0 Å². The van der Waals surface area contributed by atoms with Gasteiger partial charge in [0.2, 0.25) is 0 Å². The third-order valence-corrected chi connectivity index (χ3v) is 3.26. The summed E-state index contributed by atoms with van der Waals surface area (Å²) in [5.74, 6) is 0.873. The van der Waals surface area contributed by atoms with Gasteiger partial charge in [0.15, 0.2) is 0 Å². The van der Waals surface area contributed by atoms with Gasteiger partial charge in [-0.2, -0.15) is 0 Å². The number of hydrogen-bond donors (Lipinski definition) is 1. The molecule has 0 aromatic heterocycles. The molecule has 0 unspecified atom stereocenters. The Hall–Kier alpha value is -1.36. The first-order valence-corrected chi connectivity index (χ1v) is 6.03. The SMILES string of the molecule is COc1ccccc1N1CCN(C(=O)S)CC1. The van der Waals surface area contributed by atoms with Crippen molar-refractivity contribution in [1.29, 1.82) is 0 Å². The molecule has 1 amide bonds. The highest BCUT2D eigenvalue weighted by molar-refractivity contribution is 7.96. The molecule has 0 N–H and O–H groups in total. The van der Waals surface area contributed by atoms with E-state index in [0.717, 1.165) is 24.5 Å². The number of thiol groups is 1. The molecular weight excluding hydrogens is 236 g/mol. The van der Waals surface area contributed by atoms with Crippen molar-refractivity contribution in [3.63, 3.8) is 0 Å². The van der Waals surface area contributed by atoms with Crippen LogP contribution in [0.1, 0.15) is 0 Å². The Morgan fingerprint density at radius 3 is 2.47 bits per heavy atom. The maximum atomic E-state index is 11.1. The van der Waals surface area contributed by atoms with Crippen LogP contribution in [-0.4, -0.2) is 43.4 Å². The van der Waals surface area contributed by atoms with E-state index in [1.807, 2.05) is 24.3 Å². The number of rotatable bonds is 2. The van der Waals surface area contributed by atoms with Gasteiger partial charge in [0, 0.05) is 26.2 Å². The zero-order chi connectivity index (χ0) is 12.3. The van der Waals surface area contributed by atoms with Gasteiger partial charge >= 0.3 is 0 Å². The van der Waals surface area contributed by atoms with Gasteiger partial charge in [0.1, 0.15) is 5.75 Å². The van der Waals surface area contributed by atoms with Crippen molar-refractivity contribution in [3.8, 4) is 5.75 Å². The number of piperazine rings is 1. The minimum atomic E-state index is -0.148. The smallest absolute Gasteiger partial charge is 0.278 e. The average Bonchev–Trinajstić information content (AvgIpc) is 2.39. The molecule has 1 saturated heterocycles. The summed E-state index contributed by atoms with van der Waals surface area (Å²) in [6.45, 7) is 3.04. The van der Waals surface area contributed by atoms with E-state index < -0.39 is 0 Å². The van der Waals surface area contributed by atoms with Crippen LogP contribution in [0, 0.1) is 0 Å². The molecule has 1 heterocycles. The number of hydrogen-bond acceptors (Lipinski definition) is 3. The van der Waals surface area contributed by atoms with Crippen LogP contribution < -0.4 is 9.64 Å². The number of para-hydroxylation sites is 2. The Labute approximate surface area is 107 Å². The maximum absolute atomic E-state index is 11.1. The van der Waals surface area contributed by atoms with Crippen molar-refractivity contribution >= 4 is 23.6 Å². The number of methoxy groups -OCH3 is 1. The fourth-order valence-electron chi connectivity index (χ4n) is 2.03. The van der Waals surface area contributed by atoms with E-state index in [1.54, 1.807) is 12.0 Å². The third kappa shape index (κ3) is 2.66. The van der Waals surface area contributed by atoms with Crippen LogP contribution >= 0.6 is 12.6 Å². The van der Waals surface area contributed by atoms with Crippen LogP contribution in [0.5, 0.6) is 5.75 Å². The molecule has 1 aromatic rings. The van der Waals surface area contributed by atoms with Crippen molar-refractivity contribution in [1.82, 2.24) is 4.90 Å². The molecule has 0 bridgehead atoms. The van der Waals surface area contributed by atoms with Crippen molar-refractivity contribution in [2.75, 3.05) is 38.2 Å². The minimum Gasteiger partial charge on any atom is -0.495 e. The van der Waals surface area contributed by atoms with Crippen LogP contribution in [-0.2, 0) is 0 Å². The summed E-state index contributed by atoms with van der Waals surface area (Å²) in [5.41, 5.74) is 1.08. The molecule has 92 valence electrons. The predicted molar refractivity (Wildman–Crippen MR) is 71.2 cm³/mol. The van der Waals surface area contributed by atoms with E-state index in [4.69, 9.17) is 4.74 Å². The average molecular weight is 252 g/mol. The van der Waals surface area contributed by atoms with Gasteiger partial charge in [-0.05, 0) is 12.1 Å². The standard InChI is InChI=1S/C12H16N2O2S/c1-16-11-5-3-2-4-10(11)13-6-8-14(9-7-13)12(15)17/h2-5H,6-9H2,1H3,(H,15,17). The summed E-state index contributed by atoms with van der Waals surface area (Å²) in [5, 5.41) is -0.148. The first kappa shape index (κ1) is 12.1. The zero-order valence-corrected chi connectivity index (χ0v) is 10.7. The number of carbonyl (C=O) groups excluding carboxylic acids is 1. The number of benzene rings is 1. The molecule has 0 aliphatic carbocycles. The van der Waals surface area contributed by atoms with Gasteiger partial charge in [-0.3, -0.25) is 4.79 Å². The van der Waals surface area contributed by atoms with Crippen LogP contribution in [0.4, 0.5) is 10.5 Å². The number of amides is 1. The van der Waals surface area contributed by atoms with Gasteiger partial charge < -0.3 is 14.5 Å². The van der Waals surface area contributed by atoms with E-state index in [-0.39, 0.29) is 5.24 Å². The lowest BCUT2D eigenvalue weighted by Crippen LogP contribution is -2.47. The molecule has 2 rings (SSSR count). The third-order valence-electron chi connectivity index (χ3n) is 2.98. The first-order valence-electron chi connectivity index (χ1n) is 5.58. The molecule has 0 radical (unpaired) electrons. The van der Waals surface area contributed by atoms with Crippen LogP contribution in [0.25, 0.3) is 0 Å². The van der Waals surface area contributed by atoms with Crippen molar-refractivity contribution in [2.24, 2.45) is 0 Å². The molecule has 17 heavy (non-hydrogen) atoms. The van der Waals surface area contributed by atoms with Gasteiger partial charge in [-0.25, -0.2) is 0 Å².